The first-order valence-corrected chi connectivity index (χ1v) is 7.53. The highest BCUT2D eigenvalue weighted by Gasteiger charge is 2.10. The summed E-state index contributed by atoms with van der Waals surface area (Å²) in [6.07, 6.45) is 0. The molecular formula is C15H17BrN4O2. The molecule has 0 radical (unpaired) electrons. The number of aryl methyl sites for hydroxylation is 1. The van der Waals surface area contributed by atoms with Crippen LogP contribution < -0.4 is 10.6 Å². The van der Waals surface area contributed by atoms with Crippen molar-refractivity contribution in [2.75, 3.05) is 30.9 Å². The van der Waals surface area contributed by atoms with Gasteiger partial charge in [0.1, 0.15) is 17.3 Å². The SMILES string of the molecule is COCCNc1cc(C(=O)Nc2ccc(Br)cc2)nc(C)n1. The van der Waals surface area contributed by atoms with Gasteiger partial charge in [0.15, 0.2) is 0 Å². The fourth-order valence-corrected chi connectivity index (χ4v) is 2.05. The molecule has 116 valence electrons. The molecule has 0 atom stereocenters. The molecule has 1 amide bonds. The summed E-state index contributed by atoms with van der Waals surface area (Å²) in [5.41, 5.74) is 1.02. The summed E-state index contributed by atoms with van der Waals surface area (Å²) >= 11 is 3.35. The van der Waals surface area contributed by atoms with E-state index < -0.39 is 0 Å². The Labute approximate surface area is 137 Å². The quantitative estimate of drug-likeness (QED) is 0.770. The summed E-state index contributed by atoms with van der Waals surface area (Å²) in [5.74, 6) is 0.858. The van der Waals surface area contributed by atoms with E-state index in [1.165, 1.54) is 0 Å². The van der Waals surface area contributed by atoms with E-state index in [0.717, 1.165) is 4.47 Å². The van der Waals surface area contributed by atoms with Crippen molar-refractivity contribution in [3.8, 4) is 0 Å². The lowest BCUT2D eigenvalue weighted by atomic mass is 10.3. The maximum Gasteiger partial charge on any atom is 0.274 e. The fraction of sp³-hybridized carbons (Fsp3) is 0.267. The van der Waals surface area contributed by atoms with Gasteiger partial charge in [0, 0.05) is 29.9 Å². The van der Waals surface area contributed by atoms with Crippen molar-refractivity contribution in [1.29, 1.82) is 0 Å². The Kier molecular flexibility index (Phi) is 5.85. The summed E-state index contributed by atoms with van der Waals surface area (Å²) < 4.78 is 5.92. The number of nitrogens with zero attached hydrogens (tertiary/aromatic N) is 2. The number of anilines is 2. The van der Waals surface area contributed by atoms with Gasteiger partial charge in [-0.15, -0.1) is 0 Å². The Morgan fingerprint density at radius 1 is 1.27 bits per heavy atom. The number of aromatic nitrogens is 2. The number of rotatable bonds is 6. The second-order valence-electron chi connectivity index (χ2n) is 4.57. The summed E-state index contributed by atoms with van der Waals surface area (Å²) in [5, 5.41) is 5.90. The van der Waals surface area contributed by atoms with Gasteiger partial charge in [-0.2, -0.15) is 0 Å². The zero-order valence-electron chi connectivity index (χ0n) is 12.4. The van der Waals surface area contributed by atoms with Gasteiger partial charge in [0.25, 0.3) is 5.91 Å². The number of halogens is 1. The van der Waals surface area contributed by atoms with Crippen molar-refractivity contribution in [2.24, 2.45) is 0 Å². The molecule has 0 bridgehead atoms. The molecule has 2 rings (SSSR count). The maximum atomic E-state index is 12.3. The number of hydrogen-bond donors (Lipinski definition) is 2. The van der Waals surface area contributed by atoms with Gasteiger partial charge in [-0.3, -0.25) is 4.79 Å². The molecule has 0 saturated heterocycles. The lowest BCUT2D eigenvalue weighted by Gasteiger charge is -2.09. The number of methoxy groups -OCH3 is 1. The van der Waals surface area contributed by atoms with Crippen LogP contribution in [-0.4, -0.2) is 36.1 Å². The average Bonchev–Trinajstić information content (AvgIpc) is 2.49. The van der Waals surface area contributed by atoms with E-state index in [1.807, 2.05) is 24.3 Å². The first-order valence-electron chi connectivity index (χ1n) is 6.74. The Bertz CT molecular complexity index is 646. The van der Waals surface area contributed by atoms with Gasteiger partial charge in [-0.05, 0) is 31.2 Å². The second-order valence-corrected chi connectivity index (χ2v) is 5.48. The minimum Gasteiger partial charge on any atom is -0.383 e. The van der Waals surface area contributed by atoms with Crippen LogP contribution in [0.3, 0.4) is 0 Å². The molecular weight excluding hydrogens is 348 g/mol. The highest BCUT2D eigenvalue weighted by molar-refractivity contribution is 9.10. The Balaban J connectivity index is 2.09. The van der Waals surface area contributed by atoms with Crippen LogP contribution in [0.15, 0.2) is 34.8 Å². The number of carbonyl (C=O) groups excluding carboxylic acids is 1. The molecule has 1 aromatic carbocycles. The lowest BCUT2D eigenvalue weighted by molar-refractivity contribution is 0.102. The van der Waals surface area contributed by atoms with E-state index in [0.29, 0.717) is 36.2 Å². The van der Waals surface area contributed by atoms with Gasteiger partial charge in [-0.1, -0.05) is 15.9 Å². The van der Waals surface area contributed by atoms with E-state index in [4.69, 9.17) is 4.74 Å². The van der Waals surface area contributed by atoms with E-state index in [2.05, 4.69) is 36.5 Å². The first-order chi connectivity index (χ1) is 10.6. The average molecular weight is 365 g/mol. The number of nitrogens with one attached hydrogen (secondary N) is 2. The molecule has 1 heterocycles. The monoisotopic (exact) mass is 364 g/mol. The van der Waals surface area contributed by atoms with Crippen molar-refractivity contribution in [1.82, 2.24) is 9.97 Å². The van der Waals surface area contributed by atoms with Gasteiger partial charge >= 0.3 is 0 Å². The number of benzene rings is 1. The lowest BCUT2D eigenvalue weighted by Crippen LogP contribution is -2.16. The predicted octanol–water partition coefficient (Wildman–Crippen LogP) is 2.86. The molecule has 22 heavy (non-hydrogen) atoms. The predicted molar refractivity (Wildman–Crippen MR) is 89.2 cm³/mol. The van der Waals surface area contributed by atoms with Crippen molar-refractivity contribution < 1.29 is 9.53 Å². The van der Waals surface area contributed by atoms with Crippen molar-refractivity contribution >= 4 is 33.3 Å². The van der Waals surface area contributed by atoms with Gasteiger partial charge in [0.2, 0.25) is 0 Å². The maximum absolute atomic E-state index is 12.3. The van der Waals surface area contributed by atoms with E-state index >= 15 is 0 Å². The molecule has 1 aromatic heterocycles. The molecule has 2 aromatic rings. The van der Waals surface area contributed by atoms with Crippen molar-refractivity contribution in [3.05, 3.63) is 46.3 Å². The fourth-order valence-electron chi connectivity index (χ4n) is 1.78. The third kappa shape index (κ3) is 4.78. The number of amides is 1. The molecule has 0 aliphatic rings. The van der Waals surface area contributed by atoms with Crippen LogP contribution in [0.25, 0.3) is 0 Å². The summed E-state index contributed by atoms with van der Waals surface area (Å²) in [6, 6.07) is 8.97. The molecule has 0 aliphatic heterocycles. The summed E-state index contributed by atoms with van der Waals surface area (Å²) in [4.78, 5) is 20.7. The van der Waals surface area contributed by atoms with Crippen molar-refractivity contribution in [3.63, 3.8) is 0 Å². The summed E-state index contributed by atoms with van der Waals surface area (Å²) in [7, 11) is 1.63. The molecule has 0 spiro atoms. The second kappa shape index (κ2) is 7.86. The topological polar surface area (TPSA) is 76.1 Å². The number of carbonyl (C=O) groups is 1. The molecule has 0 unspecified atom stereocenters. The molecule has 0 aliphatic carbocycles. The highest BCUT2D eigenvalue weighted by Crippen LogP contribution is 2.15. The zero-order chi connectivity index (χ0) is 15.9. The van der Waals surface area contributed by atoms with Crippen LogP contribution in [0.2, 0.25) is 0 Å². The van der Waals surface area contributed by atoms with Crippen LogP contribution in [-0.2, 0) is 4.74 Å². The molecule has 2 N–H and O–H groups in total. The van der Waals surface area contributed by atoms with E-state index in [9.17, 15) is 4.79 Å². The normalized spacial score (nSPS) is 10.3. The summed E-state index contributed by atoms with van der Waals surface area (Å²) in [6.45, 7) is 2.92. The molecule has 6 nitrogen and oxygen atoms in total. The van der Waals surface area contributed by atoms with E-state index in [1.54, 1.807) is 20.1 Å². The van der Waals surface area contributed by atoms with Gasteiger partial charge in [0.05, 0.1) is 6.61 Å². The zero-order valence-corrected chi connectivity index (χ0v) is 14.0. The van der Waals surface area contributed by atoms with Gasteiger partial charge in [-0.25, -0.2) is 9.97 Å². The highest BCUT2D eigenvalue weighted by atomic mass is 79.9. The minimum atomic E-state index is -0.275. The smallest absolute Gasteiger partial charge is 0.274 e. The van der Waals surface area contributed by atoms with E-state index in [-0.39, 0.29) is 5.91 Å². The van der Waals surface area contributed by atoms with Crippen LogP contribution >= 0.6 is 15.9 Å². The van der Waals surface area contributed by atoms with Crippen LogP contribution in [0, 0.1) is 6.92 Å². The Hall–Kier alpha value is -1.99. The largest absolute Gasteiger partial charge is 0.383 e. The minimum absolute atomic E-state index is 0.275. The van der Waals surface area contributed by atoms with Crippen LogP contribution in [0.4, 0.5) is 11.5 Å². The van der Waals surface area contributed by atoms with Crippen molar-refractivity contribution in [2.45, 2.75) is 6.92 Å². The van der Waals surface area contributed by atoms with Crippen LogP contribution in [0.1, 0.15) is 16.3 Å². The third-order valence-electron chi connectivity index (χ3n) is 2.78. The standard InChI is InChI=1S/C15H17BrN4O2/c1-10-18-13(9-14(19-10)17-7-8-22-2)15(21)20-12-5-3-11(16)4-6-12/h3-6,9H,7-8H2,1-2H3,(H,20,21)(H,17,18,19). The Morgan fingerprint density at radius 3 is 2.68 bits per heavy atom. The Morgan fingerprint density at radius 2 is 2.00 bits per heavy atom. The molecule has 7 heteroatoms. The number of hydrogen-bond acceptors (Lipinski definition) is 5. The molecule has 0 fully saturated rings. The van der Waals surface area contributed by atoms with Gasteiger partial charge < -0.3 is 15.4 Å². The molecule has 0 saturated carbocycles. The first kappa shape index (κ1) is 16.4. The van der Waals surface area contributed by atoms with Crippen LogP contribution in [0.5, 0.6) is 0 Å². The third-order valence-corrected chi connectivity index (χ3v) is 3.31. The number of ether oxygens (including phenoxy) is 1.